The van der Waals surface area contributed by atoms with Gasteiger partial charge in [-0.25, -0.2) is 9.69 Å². The summed E-state index contributed by atoms with van der Waals surface area (Å²) in [5.74, 6) is 0.534. The van der Waals surface area contributed by atoms with E-state index < -0.39 is 6.09 Å². The molecule has 1 atom stereocenters. The number of carbonyl (C=O) groups excluding carboxylic acids is 2. The number of nitrogens with zero attached hydrogens (tertiary/aromatic N) is 1. The van der Waals surface area contributed by atoms with E-state index in [0.717, 1.165) is 22.4 Å². The molecule has 1 aliphatic heterocycles. The van der Waals surface area contributed by atoms with Crippen molar-refractivity contribution in [1.82, 2.24) is 4.90 Å². The summed E-state index contributed by atoms with van der Waals surface area (Å²) in [6, 6.07) is 15.1. The zero-order chi connectivity index (χ0) is 17.8. The molecule has 1 saturated heterocycles. The molecule has 0 N–H and O–H groups in total. The minimum absolute atomic E-state index is 0.158. The number of methoxy groups -OCH3 is 1. The van der Waals surface area contributed by atoms with Crippen LogP contribution in [0.1, 0.15) is 16.7 Å². The first-order valence-electron chi connectivity index (χ1n) is 8.24. The average molecular weight is 339 g/mol. The normalized spacial score (nSPS) is 16.6. The molecule has 2 aromatic carbocycles. The van der Waals surface area contributed by atoms with Crippen LogP contribution in [-0.4, -0.2) is 36.7 Å². The predicted octanol–water partition coefficient (Wildman–Crippen LogP) is 3.14. The predicted molar refractivity (Wildman–Crippen MR) is 93.6 cm³/mol. The molecule has 0 bridgehead atoms. The van der Waals surface area contributed by atoms with Crippen LogP contribution in [0.5, 0.6) is 5.75 Å². The van der Waals surface area contributed by atoms with Crippen LogP contribution in [-0.2, 0) is 22.4 Å². The van der Waals surface area contributed by atoms with Crippen LogP contribution < -0.4 is 4.74 Å². The van der Waals surface area contributed by atoms with Crippen molar-refractivity contribution in [1.29, 1.82) is 0 Å². The smallest absolute Gasteiger partial charge is 0.416 e. The van der Waals surface area contributed by atoms with E-state index in [2.05, 4.69) is 0 Å². The highest BCUT2D eigenvalue weighted by Crippen LogP contribution is 2.22. The van der Waals surface area contributed by atoms with E-state index in [1.54, 1.807) is 7.11 Å². The number of hydrogen-bond donors (Lipinski definition) is 0. The Morgan fingerprint density at radius 3 is 2.64 bits per heavy atom. The van der Waals surface area contributed by atoms with Gasteiger partial charge in [0, 0.05) is 0 Å². The van der Waals surface area contributed by atoms with Crippen molar-refractivity contribution in [2.24, 2.45) is 0 Å². The highest BCUT2D eigenvalue weighted by atomic mass is 16.6. The molecule has 1 fully saturated rings. The minimum atomic E-state index is -0.559. The monoisotopic (exact) mass is 339 g/mol. The second kappa shape index (κ2) is 7.38. The Balaban J connectivity index is 1.72. The molecular formula is C20H21NO4. The van der Waals surface area contributed by atoms with Crippen LogP contribution in [0.2, 0.25) is 0 Å². The molecule has 2 aromatic rings. The van der Waals surface area contributed by atoms with Gasteiger partial charge in [-0.3, -0.25) is 4.79 Å². The Morgan fingerprint density at radius 1 is 1.20 bits per heavy atom. The van der Waals surface area contributed by atoms with Gasteiger partial charge in [-0.05, 0) is 36.1 Å². The average Bonchev–Trinajstić information content (AvgIpc) is 2.96. The second-order valence-electron chi connectivity index (χ2n) is 6.16. The third-order valence-electron chi connectivity index (χ3n) is 4.36. The first-order chi connectivity index (χ1) is 12.1. The quantitative estimate of drug-likeness (QED) is 0.840. The fourth-order valence-corrected chi connectivity index (χ4v) is 3.11. The summed E-state index contributed by atoms with van der Waals surface area (Å²) in [5.41, 5.74) is 2.88. The van der Waals surface area contributed by atoms with Crippen molar-refractivity contribution >= 4 is 12.0 Å². The van der Waals surface area contributed by atoms with Crippen molar-refractivity contribution in [2.75, 3.05) is 13.7 Å². The zero-order valence-corrected chi connectivity index (χ0v) is 14.4. The van der Waals surface area contributed by atoms with Gasteiger partial charge in [0.1, 0.15) is 12.4 Å². The van der Waals surface area contributed by atoms with Crippen molar-refractivity contribution in [2.45, 2.75) is 25.8 Å². The Kier molecular flexibility index (Phi) is 5.03. The van der Waals surface area contributed by atoms with Crippen LogP contribution >= 0.6 is 0 Å². The van der Waals surface area contributed by atoms with Crippen LogP contribution in [0.3, 0.4) is 0 Å². The summed E-state index contributed by atoms with van der Waals surface area (Å²) in [5, 5.41) is 0. The number of benzene rings is 2. The van der Waals surface area contributed by atoms with Crippen LogP contribution in [0.15, 0.2) is 48.5 Å². The molecule has 1 unspecified atom stereocenters. The van der Waals surface area contributed by atoms with Gasteiger partial charge in [-0.15, -0.1) is 0 Å². The lowest BCUT2D eigenvalue weighted by Crippen LogP contribution is -2.41. The molecule has 2 amide bonds. The van der Waals surface area contributed by atoms with Crippen LogP contribution in [0.4, 0.5) is 4.79 Å². The zero-order valence-electron chi connectivity index (χ0n) is 14.4. The largest absolute Gasteiger partial charge is 0.496 e. The van der Waals surface area contributed by atoms with E-state index in [1.165, 1.54) is 4.90 Å². The molecule has 0 radical (unpaired) electrons. The maximum atomic E-state index is 12.7. The van der Waals surface area contributed by atoms with E-state index in [-0.39, 0.29) is 25.0 Å². The molecule has 3 rings (SSSR count). The van der Waals surface area contributed by atoms with Gasteiger partial charge in [0.15, 0.2) is 0 Å². The molecule has 0 saturated carbocycles. The third-order valence-corrected chi connectivity index (χ3v) is 4.36. The van der Waals surface area contributed by atoms with Gasteiger partial charge in [-0.1, -0.05) is 42.5 Å². The summed E-state index contributed by atoms with van der Waals surface area (Å²) >= 11 is 0. The molecule has 5 nitrogen and oxygen atoms in total. The number of imide groups is 1. The first kappa shape index (κ1) is 17.0. The van der Waals surface area contributed by atoms with Crippen molar-refractivity contribution in [3.8, 4) is 5.75 Å². The van der Waals surface area contributed by atoms with Gasteiger partial charge in [0.2, 0.25) is 5.91 Å². The summed E-state index contributed by atoms with van der Waals surface area (Å²) < 4.78 is 10.4. The molecule has 1 aliphatic rings. The van der Waals surface area contributed by atoms with Gasteiger partial charge in [-0.2, -0.15) is 0 Å². The van der Waals surface area contributed by atoms with Gasteiger partial charge < -0.3 is 9.47 Å². The fraction of sp³-hybridized carbons (Fsp3) is 0.300. The summed E-state index contributed by atoms with van der Waals surface area (Å²) in [4.78, 5) is 26.0. The van der Waals surface area contributed by atoms with Crippen LogP contribution in [0, 0.1) is 6.92 Å². The fourth-order valence-electron chi connectivity index (χ4n) is 3.11. The molecule has 0 aromatic heterocycles. The summed E-state index contributed by atoms with van der Waals surface area (Å²) in [6.07, 6.45) is 0.196. The Bertz CT molecular complexity index is 773. The maximum absolute atomic E-state index is 12.7. The van der Waals surface area contributed by atoms with Crippen LogP contribution in [0.25, 0.3) is 0 Å². The van der Waals surface area contributed by atoms with E-state index in [9.17, 15) is 9.59 Å². The van der Waals surface area contributed by atoms with Crippen molar-refractivity contribution < 1.29 is 19.1 Å². The number of aryl methyl sites for hydroxylation is 1. The lowest BCUT2D eigenvalue weighted by atomic mass is 10.0. The number of hydrogen-bond acceptors (Lipinski definition) is 4. The number of ether oxygens (including phenoxy) is 2. The Labute approximate surface area is 147 Å². The molecule has 1 heterocycles. The van der Waals surface area contributed by atoms with Crippen molar-refractivity contribution in [3.63, 3.8) is 0 Å². The molecule has 25 heavy (non-hydrogen) atoms. The van der Waals surface area contributed by atoms with Gasteiger partial charge in [0.05, 0.1) is 19.6 Å². The highest BCUT2D eigenvalue weighted by molar-refractivity contribution is 5.94. The third kappa shape index (κ3) is 3.82. The topological polar surface area (TPSA) is 55.8 Å². The van der Waals surface area contributed by atoms with Gasteiger partial charge in [0.25, 0.3) is 0 Å². The van der Waals surface area contributed by atoms with Crippen molar-refractivity contribution in [3.05, 3.63) is 65.2 Å². The summed E-state index contributed by atoms with van der Waals surface area (Å²) in [7, 11) is 1.61. The number of cyclic esters (lactones) is 1. The molecule has 0 spiro atoms. The first-order valence-corrected chi connectivity index (χ1v) is 8.24. The summed E-state index contributed by atoms with van der Waals surface area (Å²) in [6.45, 7) is 2.16. The standard InChI is InChI=1S/C20H21NO4/c1-14-10-16(8-9-18(14)24-2)12-19(22)21-17(13-25-20(21)23)11-15-6-4-3-5-7-15/h3-10,17H,11-13H2,1-2H3. The van der Waals surface area contributed by atoms with E-state index in [4.69, 9.17) is 9.47 Å². The van der Waals surface area contributed by atoms with E-state index >= 15 is 0 Å². The molecule has 5 heteroatoms. The lowest BCUT2D eigenvalue weighted by Gasteiger charge is -2.20. The molecular weight excluding hydrogens is 318 g/mol. The molecule has 0 aliphatic carbocycles. The number of rotatable bonds is 5. The Morgan fingerprint density at radius 2 is 1.96 bits per heavy atom. The highest BCUT2D eigenvalue weighted by Gasteiger charge is 2.37. The second-order valence-corrected chi connectivity index (χ2v) is 6.16. The van der Waals surface area contributed by atoms with E-state index in [0.29, 0.717) is 6.42 Å². The van der Waals surface area contributed by atoms with Gasteiger partial charge >= 0.3 is 6.09 Å². The SMILES string of the molecule is COc1ccc(CC(=O)N2C(=O)OCC2Cc2ccccc2)cc1C. The Hall–Kier alpha value is -2.82. The molecule has 130 valence electrons. The minimum Gasteiger partial charge on any atom is -0.496 e. The maximum Gasteiger partial charge on any atom is 0.416 e. The number of carbonyl (C=O) groups is 2. The number of amides is 2. The van der Waals surface area contributed by atoms with E-state index in [1.807, 2.05) is 55.5 Å². The lowest BCUT2D eigenvalue weighted by molar-refractivity contribution is -0.128.